The van der Waals surface area contributed by atoms with Gasteiger partial charge < -0.3 is 15.4 Å². The number of methoxy groups -OCH3 is 1. The lowest BCUT2D eigenvalue weighted by Gasteiger charge is -2.32. The number of aromatic nitrogens is 1. The van der Waals surface area contributed by atoms with E-state index in [0.717, 1.165) is 49.6 Å². The van der Waals surface area contributed by atoms with Crippen molar-refractivity contribution < 1.29 is 4.74 Å². The molecule has 132 valence electrons. The molecular weight excluding hydrogens is 332 g/mol. The van der Waals surface area contributed by atoms with Gasteiger partial charge in [-0.15, -0.1) is 0 Å². The predicted octanol–water partition coefficient (Wildman–Crippen LogP) is 3.04. The van der Waals surface area contributed by atoms with Crippen molar-refractivity contribution in [3.8, 4) is 5.75 Å². The molecule has 3 rings (SSSR count). The molecule has 1 fully saturated rings. The molecule has 2 aromatic rings. The maximum Gasteiger partial charge on any atom is 0.171 e. The fraction of sp³-hybridized carbons (Fsp3) is 0.368. The van der Waals surface area contributed by atoms with Crippen LogP contribution in [0.5, 0.6) is 5.75 Å². The minimum Gasteiger partial charge on any atom is -0.495 e. The molecular formula is C19H24N4OS. The van der Waals surface area contributed by atoms with Crippen LogP contribution in [0.1, 0.15) is 18.5 Å². The molecule has 2 heterocycles. The zero-order valence-corrected chi connectivity index (χ0v) is 15.3. The molecule has 6 heteroatoms. The fourth-order valence-electron chi connectivity index (χ4n) is 3.05. The van der Waals surface area contributed by atoms with Gasteiger partial charge in [0, 0.05) is 31.9 Å². The Hall–Kier alpha value is -2.18. The maximum atomic E-state index is 5.46. The van der Waals surface area contributed by atoms with E-state index in [4.69, 9.17) is 17.0 Å². The van der Waals surface area contributed by atoms with Gasteiger partial charge in [0.1, 0.15) is 5.75 Å². The van der Waals surface area contributed by atoms with Crippen LogP contribution in [0.4, 0.5) is 5.69 Å². The number of thiocarbonyl (C=S) groups is 1. The van der Waals surface area contributed by atoms with Crippen LogP contribution in [0, 0.1) is 0 Å². The van der Waals surface area contributed by atoms with E-state index in [-0.39, 0.29) is 0 Å². The quantitative estimate of drug-likeness (QED) is 0.803. The Bertz CT molecular complexity index is 687. The first-order valence-electron chi connectivity index (χ1n) is 8.57. The zero-order valence-electron chi connectivity index (χ0n) is 14.4. The van der Waals surface area contributed by atoms with Crippen molar-refractivity contribution in [3.63, 3.8) is 0 Å². The molecule has 0 radical (unpaired) electrons. The van der Waals surface area contributed by atoms with Crippen LogP contribution in [-0.2, 0) is 6.54 Å². The largest absolute Gasteiger partial charge is 0.495 e. The van der Waals surface area contributed by atoms with E-state index in [2.05, 4.69) is 26.6 Å². The number of para-hydroxylation sites is 2. The number of nitrogens with zero attached hydrogens (tertiary/aromatic N) is 2. The highest BCUT2D eigenvalue weighted by Crippen LogP contribution is 2.23. The van der Waals surface area contributed by atoms with Gasteiger partial charge >= 0.3 is 0 Å². The van der Waals surface area contributed by atoms with Gasteiger partial charge in [-0.2, -0.15) is 0 Å². The van der Waals surface area contributed by atoms with Gasteiger partial charge in [-0.25, -0.2) is 0 Å². The predicted molar refractivity (Wildman–Crippen MR) is 105 cm³/mol. The molecule has 1 aliphatic rings. The number of likely N-dealkylation sites (tertiary alicyclic amines) is 1. The van der Waals surface area contributed by atoms with Crippen molar-refractivity contribution >= 4 is 23.0 Å². The third-order valence-electron chi connectivity index (χ3n) is 4.39. The summed E-state index contributed by atoms with van der Waals surface area (Å²) in [4.78, 5) is 6.85. The normalized spacial score (nSPS) is 15.6. The molecule has 0 spiro atoms. The van der Waals surface area contributed by atoms with Gasteiger partial charge in [0.05, 0.1) is 18.5 Å². The number of anilines is 1. The number of hydrogen-bond acceptors (Lipinski definition) is 4. The highest BCUT2D eigenvalue weighted by molar-refractivity contribution is 7.80. The van der Waals surface area contributed by atoms with Crippen molar-refractivity contribution in [2.24, 2.45) is 0 Å². The summed E-state index contributed by atoms with van der Waals surface area (Å²) in [6.45, 7) is 3.01. The number of nitrogens with one attached hydrogen (secondary N) is 2. The fourth-order valence-corrected chi connectivity index (χ4v) is 3.32. The van der Waals surface area contributed by atoms with Gasteiger partial charge in [-0.05, 0) is 49.3 Å². The Morgan fingerprint density at radius 2 is 1.96 bits per heavy atom. The SMILES string of the molecule is COc1ccccc1NC(=S)NC1CCN(Cc2ccccn2)CC1. The van der Waals surface area contributed by atoms with Crippen molar-refractivity contribution in [2.75, 3.05) is 25.5 Å². The molecule has 25 heavy (non-hydrogen) atoms. The Morgan fingerprint density at radius 1 is 1.20 bits per heavy atom. The summed E-state index contributed by atoms with van der Waals surface area (Å²) in [6, 6.07) is 14.3. The number of rotatable bonds is 5. The summed E-state index contributed by atoms with van der Waals surface area (Å²) in [5.41, 5.74) is 2.01. The van der Waals surface area contributed by atoms with Crippen LogP contribution in [-0.4, -0.2) is 41.2 Å². The van der Waals surface area contributed by atoms with E-state index in [1.807, 2.05) is 42.6 Å². The lowest BCUT2D eigenvalue weighted by Crippen LogP contribution is -2.45. The molecule has 5 nitrogen and oxygen atoms in total. The average Bonchev–Trinajstić information content (AvgIpc) is 2.64. The molecule has 1 aliphatic heterocycles. The molecule has 2 N–H and O–H groups in total. The van der Waals surface area contributed by atoms with Crippen LogP contribution in [0.15, 0.2) is 48.7 Å². The van der Waals surface area contributed by atoms with E-state index < -0.39 is 0 Å². The Morgan fingerprint density at radius 3 is 2.68 bits per heavy atom. The third-order valence-corrected chi connectivity index (χ3v) is 4.61. The summed E-state index contributed by atoms with van der Waals surface area (Å²) in [5.74, 6) is 0.789. The minimum atomic E-state index is 0.398. The summed E-state index contributed by atoms with van der Waals surface area (Å²) >= 11 is 5.46. The number of piperidine rings is 1. The summed E-state index contributed by atoms with van der Waals surface area (Å²) in [6.07, 6.45) is 3.99. The van der Waals surface area contributed by atoms with Gasteiger partial charge in [-0.1, -0.05) is 18.2 Å². The summed E-state index contributed by atoms with van der Waals surface area (Å²) in [7, 11) is 1.66. The number of benzene rings is 1. The number of hydrogen-bond donors (Lipinski definition) is 2. The minimum absolute atomic E-state index is 0.398. The Labute approximate surface area is 154 Å². The van der Waals surface area contributed by atoms with E-state index in [0.29, 0.717) is 11.2 Å². The van der Waals surface area contributed by atoms with Crippen molar-refractivity contribution in [1.29, 1.82) is 0 Å². The van der Waals surface area contributed by atoms with Gasteiger partial charge in [-0.3, -0.25) is 9.88 Å². The smallest absolute Gasteiger partial charge is 0.171 e. The van der Waals surface area contributed by atoms with Crippen LogP contribution in [0.2, 0.25) is 0 Å². The number of pyridine rings is 1. The van der Waals surface area contributed by atoms with E-state index in [1.54, 1.807) is 7.11 Å². The van der Waals surface area contributed by atoms with Gasteiger partial charge in [0.15, 0.2) is 5.11 Å². The second kappa shape index (κ2) is 8.78. The average molecular weight is 356 g/mol. The molecule has 0 unspecified atom stereocenters. The van der Waals surface area contributed by atoms with Crippen LogP contribution >= 0.6 is 12.2 Å². The maximum absolute atomic E-state index is 5.46. The molecule has 0 atom stereocenters. The first kappa shape index (κ1) is 17.6. The standard InChI is InChI=1S/C19H24N4OS/c1-24-18-8-3-2-7-17(18)22-19(25)21-15-9-12-23(13-10-15)14-16-6-4-5-11-20-16/h2-8,11,15H,9-10,12-14H2,1H3,(H2,21,22,25). The molecule has 1 aromatic carbocycles. The summed E-state index contributed by atoms with van der Waals surface area (Å²) < 4.78 is 5.34. The topological polar surface area (TPSA) is 49.4 Å². The monoisotopic (exact) mass is 356 g/mol. The van der Waals surface area contributed by atoms with E-state index in [1.165, 1.54) is 0 Å². The van der Waals surface area contributed by atoms with Crippen molar-refractivity contribution in [1.82, 2.24) is 15.2 Å². The van der Waals surface area contributed by atoms with E-state index in [9.17, 15) is 0 Å². The number of ether oxygens (including phenoxy) is 1. The van der Waals surface area contributed by atoms with Crippen LogP contribution < -0.4 is 15.4 Å². The molecule has 0 amide bonds. The molecule has 0 aliphatic carbocycles. The van der Waals surface area contributed by atoms with Gasteiger partial charge in [0.2, 0.25) is 0 Å². The van der Waals surface area contributed by atoms with Gasteiger partial charge in [0.25, 0.3) is 0 Å². The lowest BCUT2D eigenvalue weighted by atomic mass is 10.1. The van der Waals surface area contributed by atoms with Crippen LogP contribution in [0.25, 0.3) is 0 Å². The lowest BCUT2D eigenvalue weighted by molar-refractivity contribution is 0.197. The highest BCUT2D eigenvalue weighted by atomic mass is 32.1. The first-order valence-corrected chi connectivity index (χ1v) is 8.98. The van der Waals surface area contributed by atoms with Crippen molar-refractivity contribution in [3.05, 3.63) is 54.4 Å². The third kappa shape index (κ3) is 5.14. The van der Waals surface area contributed by atoms with Crippen molar-refractivity contribution in [2.45, 2.75) is 25.4 Å². The second-order valence-electron chi connectivity index (χ2n) is 6.17. The Kier molecular flexibility index (Phi) is 6.19. The highest BCUT2D eigenvalue weighted by Gasteiger charge is 2.20. The molecule has 0 bridgehead atoms. The molecule has 1 saturated heterocycles. The van der Waals surface area contributed by atoms with E-state index >= 15 is 0 Å². The first-order chi connectivity index (χ1) is 12.2. The second-order valence-corrected chi connectivity index (χ2v) is 6.58. The molecule has 0 saturated carbocycles. The summed E-state index contributed by atoms with van der Waals surface area (Å²) in [5, 5.41) is 7.30. The Balaban J connectivity index is 1.45. The zero-order chi connectivity index (χ0) is 17.5. The molecule has 1 aromatic heterocycles. The van der Waals surface area contributed by atoms with Crippen LogP contribution in [0.3, 0.4) is 0 Å².